The van der Waals surface area contributed by atoms with E-state index in [0.29, 0.717) is 11.3 Å². The van der Waals surface area contributed by atoms with Gasteiger partial charge in [-0.3, -0.25) is 18.7 Å². The number of amides is 1. The molecule has 0 atom stereocenters. The molecule has 0 aliphatic carbocycles. The Morgan fingerprint density at radius 1 is 1.11 bits per heavy atom. The second-order valence-corrected chi connectivity index (χ2v) is 5.87. The number of nitrogens with zero attached hydrogens (tertiary/aromatic N) is 4. The Kier molecular flexibility index (Phi) is 4.63. The van der Waals surface area contributed by atoms with Crippen LogP contribution < -0.4 is 16.6 Å². The van der Waals surface area contributed by atoms with Crippen LogP contribution in [0.4, 0.5) is 5.69 Å². The van der Waals surface area contributed by atoms with Crippen molar-refractivity contribution >= 4 is 28.7 Å². The molecular weight excluding hydrogens is 354 g/mol. The molecule has 1 amide bonds. The maximum atomic E-state index is 12.3. The molecule has 3 aromatic rings. The summed E-state index contributed by atoms with van der Waals surface area (Å²) in [6.07, 6.45) is 1.34. The van der Waals surface area contributed by atoms with Crippen molar-refractivity contribution in [1.29, 1.82) is 0 Å². The van der Waals surface area contributed by atoms with Gasteiger partial charge in [0.1, 0.15) is 12.2 Å². The first kappa shape index (κ1) is 18.1. The molecular formula is C17H17N5O5. The number of nitrogens with one attached hydrogen (secondary N) is 1. The highest BCUT2D eigenvalue weighted by Crippen LogP contribution is 2.11. The standard InChI is InChI=1S/C17H17N5O5/c1-20-14-13(15(24)21(2)17(20)26)18-9-22(14)8-12(23)19-11-6-4-10(5-7-11)16(25)27-3/h4-7,9H,8H2,1-3H3,(H,19,23). The van der Waals surface area contributed by atoms with Crippen LogP contribution in [0.15, 0.2) is 40.2 Å². The van der Waals surface area contributed by atoms with Crippen molar-refractivity contribution in [3.8, 4) is 0 Å². The zero-order chi connectivity index (χ0) is 19.7. The summed E-state index contributed by atoms with van der Waals surface area (Å²) in [6, 6.07) is 6.20. The van der Waals surface area contributed by atoms with Gasteiger partial charge in [-0.2, -0.15) is 0 Å². The summed E-state index contributed by atoms with van der Waals surface area (Å²) >= 11 is 0. The van der Waals surface area contributed by atoms with Crippen LogP contribution in [0.2, 0.25) is 0 Å². The van der Waals surface area contributed by atoms with Gasteiger partial charge in [0.25, 0.3) is 5.56 Å². The molecule has 2 heterocycles. The number of anilines is 1. The van der Waals surface area contributed by atoms with Crippen molar-refractivity contribution in [3.63, 3.8) is 0 Å². The van der Waals surface area contributed by atoms with E-state index >= 15 is 0 Å². The van der Waals surface area contributed by atoms with Crippen LogP contribution in [-0.2, 0) is 30.2 Å². The molecule has 3 rings (SSSR count). The normalized spacial score (nSPS) is 10.8. The Morgan fingerprint density at radius 2 is 1.78 bits per heavy atom. The Balaban J connectivity index is 1.84. The highest BCUT2D eigenvalue weighted by atomic mass is 16.5. The third-order valence-electron chi connectivity index (χ3n) is 4.11. The molecule has 10 nitrogen and oxygen atoms in total. The van der Waals surface area contributed by atoms with Crippen LogP contribution in [0, 0.1) is 0 Å². The van der Waals surface area contributed by atoms with Crippen molar-refractivity contribution in [3.05, 3.63) is 57.0 Å². The number of ether oxygens (including phenoxy) is 1. The SMILES string of the molecule is COC(=O)c1ccc(NC(=O)Cn2cnc3c(=O)n(C)c(=O)n(C)c32)cc1. The van der Waals surface area contributed by atoms with Gasteiger partial charge in [0.05, 0.1) is 19.0 Å². The van der Waals surface area contributed by atoms with E-state index in [-0.39, 0.29) is 23.6 Å². The van der Waals surface area contributed by atoms with E-state index in [1.165, 1.54) is 48.8 Å². The van der Waals surface area contributed by atoms with Gasteiger partial charge in [0.15, 0.2) is 5.52 Å². The Hall–Kier alpha value is -3.69. The fourth-order valence-corrected chi connectivity index (χ4v) is 2.72. The average Bonchev–Trinajstić information content (AvgIpc) is 3.08. The van der Waals surface area contributed by atoms with Crippen molar-refractivity contribution in [1.82, 2.24) is 18.7 Å². The smallest absolute Gasteiger partial charge is 0.337 e. The van der Waals surface area contributed by atoms with Gasteiger partial charge in [-0.15, -0.1) is 0 Å². The van der Waals surface area contributed by atoms with Crippen molar-refractivity contribution in [2.75, 3.05) is 12.4 Å². The maximum absolute atomic E-state index is 12.3. The molecule has 0 unspecified atom stereocenters. The van der Waals surface area contributed by atoms with Crippen molar-refractivity contribution in [2.45, 2.75) is 6.54 Å². The fraction of sp³-hybridized carbons (Fsp3) is 0.235. The third-order valence-corrected chi connectivity index (χ3v) is 4.11. The van der Waals surface area contributed by atoms with Crippen LogP contribution >= 0.6 is 0 Å². The van der Waals surface area contributed by atoms with Crippen molar-refractivity contribution < 1.29 is 14.3 Å². The molecule has 0 saturated carbocycles. The van der Waals surface area contributed by atoms with E-state index in [2.05, 4.69) is 15.0 Å². The number of hydrogen-bond donors (Lipinski definition) is 1. The van der Waals surface area contributed by atoms with Gasteiger partial charge in [0, 0.05) is 19.8 Å². The van der Waals surface area contributed by atoms with E-state index in [9.17, 15) is 19.2 Å². The molecule has 27 heavy (non-hydrogen) atoms. The lowest BCUT2D eigenvalue weighted by Gasteiger charge is -2.09. The molecule has 10 heteroatoms. The second kappa shape index (κ2) is 6.90. The van der Waals surface area contributed by atoms with Crippen molar-refractivity contribution in [2.24, 2.45) is 14.1 Å². The zero-order valence-corrected chi connectivity index (χ0v) is 14.9. The first-order chi connectivity index (χ1) is 12.8. The minimum absolute atomic E-state index is 0.106. The molecule has 0 fully saturated rings. The minimum atomic E-state index is -0.523. The molecule has 0 aliphatic heterocycles. The minimum Gasteiger partial charge on any atom is -0.465 e. The van der Waals surface area contributed by atoms with Crippen LogP contribution in [0.3, 0.4) is 0 Å². The number of fused-ring (bicyclic) bond motifs is 1. The highest BCUT2D eigenvalue weighted by Gasteiger charge is 2.16. The maximum Gasteiger partial charge on any atom is 0.337 e. The van der Waals surface area contributed by atoms with E-state index in [0.717, 1.165) is 4.57 Å². The largest absolute Gasteiger partial charge is 0.465 e. The molecule has 2 aromatic heterocycles. The Labute approximate surface area is 152 Å². The zero-order valence-electron chi connectivity index (χ0n) is 14.9. The van der Waals surface area contributed by atoms with Gasteiger partial charge >= 0.3 is 11.7 Å². The Morgan fingerprint density at radius 3 is 2.41 bits per heavy atom. The number of hydrogen-bond acceptors (Lipinski definition) is 6. The lowest BCUT2D eigenvalue weighted by molar-refractivity contribution is -0.116. The number of esters is 1. The van der Waals surface area contributed by atoms with Gasteiger partial charge in [-0.25, -0.2) is 14.6 Å². The van der Waals surface area contributed by atoms with Crippen LogP contribution in [0.25, 0.3) is 11.2 Å². The number of methoxy groups -OCH3 is 1. The van der Waals surface area contributed by atoms with E-state index < -0.39 is 17.2 Å². The molecule has 1 N–H and O–H groups in total. The van der Waals surface area contributed by atoms with Crippen LogP contribution in [0.1, 0.15) is 10.4 Å². The topological polar surface area (TPSA) is 117 Å². The quantitative estimate of drug-likeness (QED) is 0.638. The number of imidazole rings is 1. The summed E-state index contributed by atoms with van der Waals surface area (Å²) in [4.78, 5) is 52.0. The number of benzene rings is 1. The van der Waals surface area contributed by atoms with Gasteiger partial charge < -0.3 is 14.6 Å². The van der Waals surface area contributed by atoms with Crippen LogP contribution in [-0.4, -0.2) is 37.7 Å². The summed E-state index contributed by atoms with van der Waals surface area (Å²) in [5.74, 6) is -0.853. The van der Waals surface area contributed by atoms with E-state index in [4.69, 9.17) is 0 Å². The summed E-state index contributed by atoms with van der Waals surface area (Å²) < 4.78 is 8.27. The summed E-state index contributed by atoms with van der Waals surface area (Å²) in [6.45, 7) is -0.143. The summed E-state index contributed by atoms with van der Waals surface area (Å²) in [5, 5.41) is 2.68. The number of rotatable bonds is 4. The molecule has 0 saturated heterocycles. The molecule has 0 spiro atoms. The lowest BCUT2D eigenvalue weighted by Crippen LogP contribution is -2.37. The predicted octanol–water partition coefficient (Wildman–Crippen LogP) is -0.141. The monoisotopic (exact) mass is 371 g/mol. The van der Waals surface area contributed by atoms with Crippen LogP contribution in [0.5, 0.6) is 0 Å². The lowest BCUT2D eigenvalue weighted by atomic mass is 10.2. The van der Waals surface area contributed by atoms with E-state index in [1.54, 1.807) is 12.1 Å². The van der Waals surface area contributed by atoms with Gasteiger partial charge in [-0.1, -0.05) is 0 Å². The highest BCUT2D eigenvalue weighted by molar-refractivity contribution is 5.93. The number of carbonyl (C=O) groups excluding carboxylic acids is 2. The molecule has 0 aliphatic rings. The van der Waals surface area contributed by atoms with Gasteiger partial charge in [0.2, 0.25) is 5.91 Å². The second-order valence-electron chi connectivity index (χ2n) is 5.87. The molecule has 1 aromatic carbocycles. The first-order valence-corrected chi connectivity index (χ1v) is 7.92. The first-order valence-electron chi connectivity index (χ1n) is 7.92. The number of aryl methyl sites for hydroxylation is 1. The number of aromatic nitrogens is 4. The summed E-state index contributed by atoms with van der Waals surface area (Å²) in [7, 11) is 4.16. The molecule has 0 bridgehead atoms. The van der Waals surface area contributed by atoms with Gasteiger partial charge in [-0.05, 0) is 24.3 Å². The third kappa shape index (κ3) is 3.24. The van der Waals surface area contributed by atoms with E-state index in [1.807, 2.05) is 0 Å². The average molecular weight is 371 g/mol. The predicted molar refractivity (Wildman–Crippen MR) is 96.6 cm³/mol. The summed E-state index contributed by atoms with van der Waals surface area (Å²) in [5.41, 5.74) is 0.191. The fourth-order valence-electron chi connectivity index (χ4n) is 2.72. The Bertz CT molecular complexity index is 1150. The molecule has 140 valence electrons. The molecule has 0 radical (unpaired) electrons. The number of carbonyl (C=O) groups is 2.